The summed E-state index contributed by atoms with van der Waals surface area (Å²) >= 11 is 6.09. The molecule has 0 aliphatic carbocycles. The molecule has 3 nitrogen and oxygen atoms in total. The van der Waals surface area contributed by atoms with E-state index in [-0.39, 0.29) is 5.91 Å². The van der Waals surface area contributed by atoms with Gasteiger partial charge in [0, 0.05) is 5.69 Å². The summed E-state index contributed by atoms with van der Waals surface area (Å²) in [6.07, 6.45) is 0.0801. The normalized spacial score (nSPS) is 11.6. The zero-order chi connectivity index (χ0) is 18.4. The van der Waals surface area contributed by atoms with Crippen LogP contribution in [-0.4, -0.2) is 12.0 Å². The molecule has 0 bridgehead atoms. The Morgan fingerprint density at radius 3 is 2.38 bits per heavy atom. The second-order valence-electron chi connectivity index (χ2n) is 6.00. The van der Waals surface area contributed by atoms with E-state index in [1.54, 1.807) is 19.1 Å². The van der Waals surface area contributed by atoms with Gasteiger partial charge in [-0.3, -0.25) is 4.79 Å². The summed E-state index contributed by atoms with van der Waals surface area (Å²) in [5.74, 6) is 0.278. The molecule has 1 atom stereocenters. The van der Waals surface area contributed by atoms with Crippen LogP contribution in [0.1, 0.15) is 18.1 Å². The molecule has 132 valence electrons. The van der Waals surface area contributed by atoms with E-state index in [1.807, 2.05) is 54.6 Å². The molecule has 0 aliphatic heterocycles. The maximum absolute atomic E-state index is 12.6. The molecule has 0 radical (unpaired) electrons. The summed E-state index contributed by atoms with van der Waals surface area (Å²) in [6, 6.07) is 25.1. The summed E-state index contributed by atoms with van der Waals surface area (Å²) in [5, 5.41) is 3.45. The third kappa shape index (κ3) is 4.64. The second kappa shape index (κ2) is 8.54. The fraction of sp³-hybridized carbons (Fsp3) is 0.136. The highest BCUT2D eigenvalue weighted by Gasteiger charge is 2.17. The molecular weight excluding hydrogens is 346 g/mol. The Morgan fingerprint density at radius 2 is 1.62 bits per heavy atom. The van der Waals surface area contributed by atoms with Gasteiger partial charge in [0.25, 0.3) is 5.91 Å². The summed E-state index contributed by atoms with van der Waals surface area (Å²) < 4.78 is 5.69. The van der Waals surface area contributed by atoms with Gasteiger partial charge in [0.15, 0.2) is 6.10 Å². The highest BCUT2D eigenvalue weighted by atomic mass is 35.5. The molecule has 1 amide bonds. The highest BCUT2D eigenvalue weighted by molar-refractivity contribution is 6.32. The number of ether oxygens (including phenoxy) is 1. The lowest BCUT2D eigenvalue weighted by molar-refractivity contribution is -0.122. The third-order valence-electron chi connectivity index (χ3n) is 4.02. The molecule has 0 heterocycles. The number of nitrogens with one attached hydrogen (secondary N) is 1. The van der Waals surface area contributed by atoms with Crippen LogP contribution >= 0.6 is 11.6 Å². The molecule has 0 saturated carbocycles. The Kier molecular flexibility index (Phi) is 5.92. The van der Waals surface area contributed by atoms with Gasteiger partial charge in [0.1, 0.15) is 5.75 Å². The van der Waals surface area contributed by atoms with Crippen LogP contribution in [0.5, 0.6) is 5.75 Å². The van der Waals surface area contributed by atoms with E-state index >= 15 is 0 Å². The zero-order valence-electron chi connectivity index (χ0n) is 14.5. The van der Waals surface area contributed by atoms with Crippen LogP contribution in [0.4, 0.5) is 5.69 Å². The Morgan fingerprint density at radius 1 is 0.962 bits per heavy atom. The molecule has 4 heteroatoms. The van der Waals surface area contributed by atoms with Crippen molar-refractivity contribution >= 4 is 23.2 Å². The minimum Gasteiger partial charge on any atom is -0.479 e. The predicted molar refractivity (Wildman–Crippen MR) is 106 cm³/mol. The lowest BCUT2D eigenvalue weighted by Gasteiger charge is -2.17. The van der Waals surface area contributed by atoms with E-state index in [9.17, 15) is 4.79 Å². The van der Waals surface area contributed by atoms with Crippen molar-refractivity contribution in [2.45, 2.75) is 19.4 Å². The zero-order valence-corrected chi connectivity index (χ0v) is 15.2. The lowest BCUT2D eigenvalue weighted by atomic mass is 10.0. The van der Waals surface area contributed by atoms with Crippen LogP contribution in [0.2, 0.25) is 5.02 Å². The first kappa shape index (κ1) is 18.0. The minimum absolute atomic E-state index is 0.217. The predicted octanol–water partition coefficient (Wildman–Crippen LogP) is 5.34. The van der Waals surface area contributed by atoms with Crippen LogP contribution in [0.3, 0.4) is 0 Å². The molecule has 0 aliphatic rings. The molecular formula is C22H20ClNO2. The molecule has 3 rings (SSSR count). The lowest BCUT2D eigenvalue weighted by Crippen LogP contribution is -2.30. The van der Waals surface area contributed by atoms with E-state index in [1.165, 1.54) is 5.56 Å². The Balaban J connectivity index is 1.70. The number of hydrogen-bond acceptors (Lipinski definition) is 2. The second-order valence-corrected chi connectivity index (χ2v) is 6.41. The fourth-order valence-electron chi connectivity index (χ4n) is 2.63. The number of halogens is 1. The largest absolute Gasteiger partial charge is 0.479 e. The van der Waals surface area contributed by atoms with Gasteiger partial charge in [-0.25, -0.2) is 0 Å². The number of rotatable bonds is 6. The van der Waals surface area contributed by atoms with Crippen molar-refractivity contribution in [3.05, 3.63) is 95.0 Å². The summed E-state index contributed by atoms with van der Waals surface area (Å²) in [6.45, 7) is 1.71. The topological polar surface area (TPSA) is 38.3 Å². The summed E-state index contributed by atoms with van der Waals surface area (Å²) in [4.78, 5) is 12.6. The van der Waals surface area contributed by atoms with Crippen molar-refractivity contribution in [1.82, 2.24) is 0 Å². The molecule has 0 aromatic heterocycles. The van der Waals surface area contributed by atoms with Crippen molar-refractivity contribution in [1.29, 1.82) is 0 Å². The quantitative estimate of drug-likeness (QED) is 0.640. The van der Waals surface area contributed by atoms with Crippen molar-refractivity contribution in [2.24, 2.45) is 0 Å². The standard InChI is InChI=1S/C22H20ClNO2/c1-16(26-21-14-8-6-12-19(21)23)22(25)24-20-13-7-5-11-18(20)15-17-9-3-2-4-10-17/h2-14,16H,15H2,1H3,(H,24,25). The van der Waals surface area contributed by atoms with E-state index in [0.29, 0.717) is 10.8 Å². The Bertz CT molecular complexity index is 880. The number of anilines is 1. The van der Waals surface area contributed by atoms with Gasteiger partial charge in [-0.15, -0.1) is 0 Å². The van der Waals surface area contributed by atoms with Crippen molar-refractivity contribution in [3.8, 4) is 5.75 Å². The third-order valence-corrected chi connectivity index (χ3v) is 4.33. The van der Waals surface area contributed by atoms with E-state index in [0.717, 1.165) is 17.7 Å². The molecule has 3 aromatic rings. The number of benzene rings is 3. The number of amides is 1. The summed E-state index contributed by atoms with van der Waals surface area (Å²) in [7, 11) is 0. The van der Waals surface area contributed by atoms with E-state index in [2.05, 4.69) is 17.4 Å². The van der Waals surface area contributed by atoms with Crippen LogP contribution in [-0.2, 0) is 11.2 Å². The molecule has 0 saturated heterocycles. The maximum atomic E-state index is 12.6. The molecule has 1 unspecified atom stereocenters. The number of hydrogen-bond donors (Lipinski definition) is 1. The van der Waals surface area contributed by atoms with Gasteiger partial charge in [0.2, 0.25) is 0 Å². The number of carbonyl (C=O) groups excluding carboxylic acids is 1. The van der Waals surface area contributed by atoms with Gasteiger partial charge in [-0.1, -0.05) is 72.3 Å². The molecule has 0 spiro atoms. The Hall–Kier alpha value is -2.78. The number of para-hydroxylation sites is 2. The first-order valence-electron chi connectivity index (χ1n) is 8.47. The summed E-state index contributed by atoms with van der Waals surface area (Å²) in [5.41, 5.74) is 3.03. The van der Waals surface area contributed by atoms with Crippen molar-refractivity contribution in [3.63, 3.8) is 0 Å². The van der Waals surface area contributed by atoms with Crippen LogP contribution < -0.4 is 10.1 Å². The minimum atomic E-state index is -0.667. The fourth-order valence-corrected chi connectivity index (χ4v) is 2.81. The average Bonchev–Trinajstić information content (AvgIpc) is 2.66. The highest BCUT2D eigenvalue weighted by Crippen LogP contribution is 2.25. The Labute approximate surface area is 158 Å². The molecule has 1 N–H and O–H groups in total. The smallest absolute Gasteiger partial charge is 0.265 e. The van der Waals surface area contributed by atoms with E-state index in [4.69, 9.17) is 16.3 Å². The van der Waals surface area contributed by atoms with E-state index < -0.39 is 6.10 Å². The first-order valence-corrected chi connectivity index (χ1v) is 8.85. The van der Waals surface area contributed by atoms with Crippen LogP contribution in [0.15, 0.2) is 78.9 Å². The van der Waals surface area contributed by atoms with Crippen molar-refractivity contribution in [2.75, 3.05) is 5.32 Å². The molecule has 0 fully saturated rings. The maximum Gasteiger partial charge on any atom is 0.265 e. The van der Waals surface area contributed by atoms with Gasteiger partial charge in [-0.05, 0) is 42.7 Å². The average molecular weight is 366 g/mol. The number of carbonyl (C=O) groups is 1. The first-order chi connectivity index (χ1) is 12.6. The van der Waals surface area contributed by atoms with Gasteiger partial charge >= 0.3 is 0 Å². The van der Waals surface area contributed by atoms with Crippen LogP contribution in [0.25, 0.3) is 0 Å². The molecule has 26 heavy (non-hydrogen) atoms. The monoisotopic (exact) mass is 365 g/mol. The van der Waals surface area contributed by atoms with Crippen LogP contribution in [0, 0.1) is 0 Å². The molecule has 3 aromatic carbocycles. The van der Waals surface area contributed by atoms with Gasteiger partial charge in [-0.2, -0.15) is 0 Å². The van der Waals surface area contributed by atoms with Crippen molar-refractivity contribution < 1.29 is 9.53 Å². The van der Waals surface area contributed by atoms with Gasteiger partial charge in [0.05, 0.1) is 5.02 Å². The van der Waals surface area contributed by atoms with Gasteiger partial charge < -0.3 is 10.1 Å². The SMILES string of the molecule is CC(Oc1ccccc1Cl)C(=O)Nc1ccccc1Cc1ccccc1.